The van der Waals surface area contributed by atoms with E-state index in [1.807, 2.05) is 6.08 Å². The number of nitrogens with zero attached hydrogens (tertiary/aromatic N) is 6. The molecule has 4 N–H and O–H groups in total. The molecular weight excluding hydrogens is 1230 g/mol. The molecule has 9 amide bonds. The van der Waals surface area contributed by atoms with Gasteiger partial charge in [-0.15, -0.1) is 19.6 Å². The molecule has 24 heteroatoms. The van der Waals surface area contributed by atoms with Crippen molar-refractivity contribution in [2.45, 2.75) is 89.3 Å². The largest absolute Gasteiger partial charge is 0.494 e. The maximum atomic E-state index is 13.6. The smallest absolute Gasteiger partial charge is 0.242 e. The Hall–Kier alpha value is -1.76. The third-order valence-electron chi connectivity index (χ3n) is 12.3. The van der Waals surface area contributed by atoms with E-state index in [4.69, 9.17) is 0 Å². The van der Waals surface area contributed by atoms with Gasteiger partial charge in [-0.2, -0.15) is 12.8 Å². The van der Waals surface area contributed by atoms with E-state index < -0.39 is 54.1 Å². The summed E-state index contributed by atoms with van der Waals surface area (Å²) < 4.78 is 0. The zero-order valence-corrected chi connectivity index (χ0v) is 53.2. The standard InChI is InChI=1S/C48H68N10O10.4Y/c1-7-34(25-33(5)59)26-36-16-12-22-56(36)44(64)28-51-42(62)32-55(10-4)48(68)39-19-14-24-58(39)45(65)29-52-41(61)31-53(8-2)46(66)37-17-11-15-35(37)20-21-50-40(60)30-54(9-3)47(67)38-18-13-23-57(38)43(63)27-49-6;;;;/h20,25-26,30-32,36-39,49H,1-4,7-19,21-24,27-29H2,5-6H3,(H,50,60)(H,51,62)(H,52,61);;;;/q-8;;;;/b34-26+,35-20+;;;;/t36-,37+,38-,39-;;;;/m1..../s1. The number of likely N-dealkylation sites (N-methyl/N-ethyl adjacent to an activating group) is 1. The van der Waals surface area contributed by atoms with Crippen LogP contribution in [0, 0.1) is 59.7 Å². The van der Waals surface area contributed by atoms with Gasteiger partial charge in [-0.05, 0) is 77.8 Å². The average molecular weight is 1300 g/mol. The van der Waals surface area contributed by atoms with Gasteiger partial charge < -0.3 is 97.5 Å². The second-order valence-electron chi connectivity index (χ2n) is 17.0. The number of Topliss-reactive ketones (excluding diaryl/α,β-unsaturated/α-hetero) is 1. The fraction of sp³-hybridized carbons (Fsp3) is 0.542. The number of allylic oxidation sites excluding steroid dienone is 1. The topological polar surface area (TPSA) is 238 Å². The van der Waals surface area contributed by atoms with Crippen LogP contribution in [0.4, 0.5) is 0 Å². The maximum Gasteiger partial charge on any atom is 0.242 e. The van der Waals surface area contributed by atoms with E-state index in [0.29, 0.717) is 70.9 Å². The molecule has 0 unspecified atom stereocenters. The first-order valence-electron chi connectivity index (χ1n) is 23.3. The van der Waals surface area contributed by atoms with Crippen molar-refractivity contribution in [2.75, 3.05) is 72.5 Å². The summed E-state index contributed by atoms with van der Waals surface area (Å²) in [6.45, 7) is 20.1. The molecule has 0 spiro atoms. The Labute approximate surface area is 526 Å². The van der Waals surface area contributed by atoms with E-state index in [-0.39, 0.29) is 212 Å². The van der Waals surface area contributed by atoms with Crippen LogP contribution in [0.3, 0.4) is 0 Å². The molecule has 3 saturated heterocycles. The van der Waals surface area contributed by atoms with Gasteiger partial charge in [0.05, 0.1) is 31.3 Å². The molecule has 390 valence electrons. The molecule has 20 nitrogen and oxygen atoms in total. The van der Waals surface area contributed by atoms with Crippen molar-refractivity contribution in [3.05, 3.63) is 77.0 Å². The fourth-order valence-corrected chi connectivity index (χ4v) is 8.95. The molecule has 3 heterocycles. The Balaban J connectivity index is 0.0000126. The second kappa shape index (κ2) is 36.3. The number of amides is 9. The van der Waals surface area contributed by atoms with E-state index in [9.17, 15) is 47.9 Å². The molecule has 0 aromatic rings. The molecule has 1 saturated carbocycles. The quantitative estimate of drug-likeness (QED) is 0.0721. The van der Waals surface area contributed by atoms with Crippen molar-refractivity contribution in [2.24, 2.45) is 5.92 Å². The molecule has 4 radical (unpaired) electrons. The first-order chi connectivity index (χ1) is 32.6. The number of likely N-dealkylation sites (tertiary alicyclic amines) is 3. The van der Waals surface area contributed by atoms with Crippen LogP contribution in [-0.4, -0.2) is 179 Å². The number of carbonyl (C=O) groups excluding carboxylic acids is 10. The number of carbonyl (C=O) groups is 10. The van der Waals surface area contributed by atoms with Crippen LogP contribution in [-0.2, 0) is 179 Å². The van der Waals surface area contributed by atoms with Crippen LogP contribution < -0.4 is 21.3 Å². The van der Waals surface area contributed by atoms with Gasteiger partial charge in [0.2, 0.25) is 35.4 Å². The van der Waals surface area contributed by atoms with Gasteiger partial charge >= 0.3 is 0 Å². The summed E-state index contributed by atoms with van der Waals surface area (Å²) in [5.41, 5.74) is 1.49. The van der Waals surface area contributed by atoms with Crippen LogP contribution >= 0.6 is 0 Å². The Kier molecular flexibility index (Phi) is 35.4. The summed E-state index contributed by atoms with van der Waals surface area (Å²) in [4.78, 5) is 138. The number of rotatable bonds is 24. The molecule has 72 heavy (non-hydrogen) atoms. The summed E-state index contributed by atoms with van der Waals surface area (Å²) in [7, 11) is 1.65. The maximum absolute atomic E-state index is 13.6. The molecule has 0 aromatic heterocycles. The second-order valence-corrected chi connectivity index (χ2v) is 17.0. The molecule has 1 aliphatic carbocycles. The summed E-state index contributed by atoms with van der Waals surface area (Å²) in [6.07, 6.45) is 10.7. The molecule has 4 aliphatic rings. The van der Waals surface area contributed by atoms with Crippen molar-refractivity contribution in [1.82, 2.24) is 50.7 Å². The Morgan fingerprint density at radius 3 is 1.51 bits per heavy atom. The molecule has 4 rings (SSSR count). The van der Waals surface area contributed by atoms with E-state index in [2.05, 4.69) is 49.0 Å². The minimum Gasteiger partial charge on any atom is -0.494 e. The summed E-state index contributed by atoms with van der Waals surface area (Å²) >= 11 is 0. The molecule has 3 aliphatic heterocycles. The van der Waals surface area contributed by atoms with Gasteiger partial charge in [0.15, 0.2) is 0 Å². The molecular formula is C48H68N10O10Y4-8. The fourth-order valence-electron chi connectivity index (χ4n) is 8.95. The van der Waals surface area contributed by atoms with Crippen LogP contribution in [0.1, 0.15) is 71.1 Å². The van der Waals surface area contributed by atoms with Crippen LogP contribution in [0.5, 0.6) is 0 Å². The minimum atomic E-state index is -0.927. The molecule has 4 fully saturated rings. The van der Waals surface area contributed by atoms with Gasteiger partial charge in [0.1, 0.15) is 29.8 Å². The molecule has 4 atom stereocenters. The Bertz CT molecular complexity index is 1940. The van der Waals surface area contributed by atoms with E-state index in [1.54, 1.807) is 18.0 Å². The summed E-state index contributed by atoms with van der Waals surface area (Å²) in [5, 5.41) is 10.6. The number of nitrogens with one attached hydrogen (secondary N) is 4. The van der Waals surface area contributed by atoms with Gasteiger partial charge in [0.25, 0.3) is 0 Å². The number of hydrogen-bond acceptors (Lipinski definition) is 11. The Morgan fingerprint density at radius 1 is 0.597 bits per heavy atom. The zero-order valence-electron chi connectivity index (χ0n) is 41.8. The third-order valence-corrected chi connectivity index (χ3v) is 12.3. The van der Waals surface area contributed by atoms with Gasteiger partial charge in [-0.25, -0.2) is 31.3 Å². The van der Waals surface area contributed by atoms with E-state index in [0.717, 1.165) is 42.1 Å². The summed E-state index contributed by atoms with van der Waals surface area (Å²) in [5.74, 6) is -5.06. The molecule has 0 bridgehead atoms. The van der Waals surface area contributed by atoms with Gasteiger partial charge in [-0.3, -0.25) is 28.8 Å². The van der Waals surface area contributed by atoms with Gasteiger partial charge in [-0.1, -0.05) is 11.6 Å². The minimum absolute atomic E-state index is 0. The first kappa shape index (κ1) is 70.2. The number of ketones is 1. The zero-order chi connectivity index (χ0) is 49.9. The summed E-state index contributed by atoms with van der Waals surface area (Å²) in [6, 6.07) is -1.85. The van der Waals surface area contributed by atoms with Crippen LogP contribution in [0.15, 0.2) is 23.3 Å². The van der Waals surface area contributed by atoms with Crippen molar-refractivity contribution in [3.8, 4) is 0 Å². The average Bonchev–Trinajstić information content (AvgIpc) is 4.17. The van der Waals surface area contributed by atoms with E-state index >= 15 is 0 Å². The predicted octanol–water partition coefficient (Wildman–Crippen LogP) is -0.339. The van der Waals surface area contributed by atoms with Crippen molar-refractivity contribution < 1.29 is 179 Å². The van der Waals surface area contributed by atoms with Crippen molar-refractivity contribution in [3.63, 3.8) is 0 Å². The monoisotopic (exact) mass is 1300 g/mol. The SMILES string of the molecule is [CH2-]C/C(=C\[C@H]1CCCN1C(=O)CNC(=O)[CH-]N(C[CH2-])C(=O)[C@H]1CCCN1C(=O)CNC(=O)[CH-]N(C[CH2-])C(=O)[C@H]1CCC/C1=C\CNC(=O)[CH-]N(C[CH2-])C(=O)[C@H]1CCCN1C(=O)CNC)[CH-]C(C)=O.[Y].[Y].[Y].[Y]. The Morgan fingerprint density at radius 2 is 1.04 bits per heavy atom. The molecule has 0 aromatic carbocycles. The van der Waals surface area contributed by atoms with Crippen LogP contribution in [0.2, 0.25) is 0 Å². The normalized spacial score (nSPS) is 19.5. The van der Waals surface area contributed by atoms with Crippen molar-refractivity contribution in [1.29, 1.82) is 0 Å². The van der Waals surface area contributed by atoms with Crippen molar-refractivity contribution >= 4 is 58.9 Å². The van der Waals surface area contributed by atoms with Crippen LogP contribution in [0.25, 0.3) is 0 Å². The van der Waals surface area contributed by atoms with E-state index in [1.165, 1.54) is 32.9 Å². The first-order valence-corrected chi connectivity index (χ1v) is 23.3. The predicted molar refractivity (Wildman–Crippen MR) is 250 cm³/mol. The third kappa shape index (κ3) is 21.0. The van der Waals surface area contributed by atoms with Gasteiger partial charge in [0, 0.05) is 157 Å². The number of hydrogen-bond donors (Lipinski definition) is 4.